The normalized spacial score (nSPS) is 16.9. The van der Waals surface area contributed by atoms with Crippen molar-refractivity contribution in [3.05, 3.63) is 28.8 Å². The van der Waals surface area contributed by atoms with Crippen molar-refractivity contribution in [2.75, 3.05) is 18.0 Å². The van der Waals surface area contributed by atoms with E-state index in [1.165, 1.54) is 0 Å². The van der Waals surface area contributed by atoms with E-state index in [9.17, 15) is 5.11 Å². The molecule has 1 saturated heterocycles. The highest BCUT2D eigenvalue weighted by Gasteiger charge is 2.26. The fourth-order valence-electron chi connectivity index (χ4n) is 1.62. The highest BCUT2D eigenvalue weighted by atomic mass is 35.5. The minimum absolute atomic E-state index is 0.000895. The van der Waals surface area contributed by atoms with Crippen LogP contribution in [-0.2, 0) is 6.61 Å². The quantitative estimate of drug-likeness (QED) is 0.771. The topological polar surface area (TPSA) is 43.7 Å². The third-order valence-electron chi connectivity index (χ3n) is 2.42. The Labute approximate surface area is 87.5 Å². The molecule has 0 atom stereocenters. The third kappa shape index (κ3) is 1.71. The van der Waals surface area contributed by atoms with Gasteiger partial charge in [-0.25, -0.2) is 0 Å². The molecule has 4 heteroatoms. The summed E-state index contributed by atoms with van der Waals surface area (Å²) in [6.07, 6.45) is -0.250. The van der Waals surface area contributed by atoms with Crippen LogP contribution in [0.3, 0.4) is 0 Å². The summed E-state index contributed by atoms with van der Waals surface area (Å²) in [6, 6.07) is 5.38. The van der Waals surface area contributed by atoms with Crippen LogP contribution in [0.4, 0.5) is 5.69 Å². The summed E-state index contributed by atoms with van der Waals surface area (Å²) in [6.45, 7) is 1.24. The zero-order valence-corrected chi connectivity index (χ0v) is 8.41. The Morgan fingerprint density at radius 1 is 1.43 bits per heavy atom. The van der Waals surface area contributed by atoms with Crippen LogP contribution in [0.1, 0.15) is 5.56 Å². The lowest BCUT2D eigenvalue weighted by molar-refractivity contribution is 0.141. The number of hydrogen-bond donors (Lipinski definition) is 2. The van der Waals surface area contributed by atoms with Crippen molar-refractivity contribution >= 4 is 17.3 Å². The van der Waals surface area contributed by atoms with Gasteiger partial charge in [0, 0.05) is 29.4 Å². The molecule has 0 amide bonds. The Morgan fingerprint density at radius 2 is 2.14 bits per heavy atom. The lowest BCUT2D eigenvalue weighted by atomic mass is 10.1. The van der Waals surface area contributed by atoms with Crippen LogP contribution >= 0.6 is 11.6 Å². The minimum atomic E-state index is -0.250. The number of β-amino-alcohol motifs (C(OH)–C–C–N with tert-alkyl or cyclic N) is 1. The van der Waals surface area contributed by atoms with Crippen molar-refractivity contribution in [1.82, 2.24) is 0 Å². The van der Waals surface area contributed by atoms with E-state index in [1.807, 2.05) is 17.0 Å². The summed E-state index contributed by atoms with van der Waals surface area (Å²) in [7, 11) is 0. The van der Waals surface area contributed by atoms with Crippen LogP contribution in [0.5, 0.6) is 0 Å². The van der Waals surface area contributed by atoms with Gasteiger partial charge < -0.3 is 15.1 Å². The Bertz CT molecular complexity index is 337. The zero-order chi connectivity index (χ0) is 10.1. The molecule has 76 valence electrons. The molecule has 14 heavy (non-hydrogen) atoms. The third-order valence-corrected chi connectivity index (χ3v) is 2.66. The summed E-state index contributed by atoms with van der Waals surface area (Å²) in [5, 5.41) is 18.9. The van der Waals surface area contributed by atoms with Gasteiger partial charge in [-0.3, -0.25) is 0 Å². The fraction of sp³-hybridized carbons (Fsp3) is 0.400. The van der Waals surface area contributed by atoms with Crippen molar-refractivity contribution in [2.24, 2.45) is 0 Å². The van der Waals surface area contributed by atoms with E-state index in [2.05, 4.69) is 0 Å². The van der Waals surface area contributed by atoms with Crippen LogP contribution in [0.15, 0.2) is 18.2 Å². The molecule has 0 bridgehead atoms. The van der Waals surface area contributed by atoms with Gasteiger partial charge >= 0.3 is 0 Å². The SMILES string of the molecule is OCc1ccc(Cl)cc1N1CC(O)C1. The smallest absolute Gasteiger partial charge is 0.0889 e. The highest BCUT2D eigenvalue weighted by Crippen LogP contribution is 2.28. The van der Waals surface area contributed by atoms with Gasteiger partial charge in [-0.1, -0.05) is 17.7 Å². The Balaban J connectivity index is 2.26. The zero-order valence-electron chi connectivity index (χ0n) is 7.65. The first kappa shape index (κ1) is 9.77. The molecule has 1 heterocycles. The first-order valence-corrected chi connectivity index (χ1v) is 4.91. The summed E-state index contributed by atoms with van der Waals surface area (Å²) in [4.78, 5) is 2.00. The molecule has 1 aromatic rings. The van der Waals surface area contributed by atoms with E-state index < -0.39 is 0 Å². The molecule has 1 aromatic carbocycles. The van der Waals surface area contributed by atoms with Gasteiger partial charge in [0.1, 0.15) is 0 Å². The Hall–Kier alpha value is -0.770. The number of hydrogen-bond acceptors (Lipinski definition) is 3. The van der Waals surface area contributed by atoms with Gasteiger partial charge in [-0.05, 0) is 12.1 Å². The number of aliphatic hydroxyl groups is 2. The molecule has 1 aliphatic rings. The molecular formula is C10H12ClNO2. The maximum absolute atomic E-state index is 9.18. The molecular weight excluding hydrogens is 202 g/mol. The van der Waals surface area contributed by atoms with Crippen LogP contribution < -0.4 is 4.90 Å². The van der Waals surface area contributed by atoms with Gasteiger partial charge in [0.2, 0.25) is 0 Å². The Kier molecular flexibility index (Phi) is 2.63. The average Bonchev–Trinajstić information content (AvgIpc) is 2.13. The summed E-state index contributed by atoms with van der Waals surface area (Å²) < 4.78 is 0. The molecule has 0 aliphatic carbocycles. The molecule has 0 unspecified atom stereocenters. The Morgan fingerprint density at radius 3 is 2.71 bits per heavy atom. The fourth-order valence-corrected chi connectivity index (χ4v) is 1.78. The number of anilines is 1. The monoisotopic (exact) mass is 213 g/mol. The maximum Gasteiger partial charge on any atom is 0.0889 e. The maximum atomic E-state index is 9.18. The van der Waals surface area contributed by atoms with Crippen LogP contribution in [-0.4, -0.2) is 29.4 Å². The van der Waals surface area contributed by atoms with Crippen molar-refractivity contribution in [2.45, 2.75) is 12.7 Å². The van der Waals surface area contributed by atoms with E-state index in [4.69, 9.17) is 16.7 Å². The molecule has 0 saturated carbocycles. The standard InChI is InChI=1S/C10H12ClNO2/c11-8-2-1-7(6-13)10(3-8)12-4-9(14)5-12/h1-3,9,13-14H,4-6H2. The van der Waals surface area contributed by atoms with E-state index in [0.29, 0.717) is 18.1 Å². The van der Waals surface area contributed by atoms with Crippen molar-refractivity contribution in [3.63, 3.8) is 0 Å². The molecule has 1 aliphatic heterocycles. The van der Waals surface area contributed by atoms with Crippen LogP contribution in [0.25, 0.3) is 0 Å². The molecule has 2 rings (SSSR count). The first-order chi connectivity index (χ1) is 6.70. The largest absolute Gasteiger partial charge is 0.392 e. The van der Waals surface area contributed by atoms with E-state index in [-0.39, 0.29) is 12.7 Å². The molecule has 2 N–H and O–H groups in total. The number of aliphatic hydroxyl groups excluding tert-OH is 2. The van der Waals surface area contributed by atoms with E-state index in [0.717, 1.165) is 11.3 Å². The van der Waals surface area contributed by atoms with Gasteiger partial charge in [0.15, 0.2) is 0 Å². The number of halogens is 1. The molecule has 0 aromatic heterocycles. The lowest BCUT2D eigenvalue weighted by Crippen LogP contribution is -2.51. The summed E-state index contributed by atoms with van der Waals surface area (Å²) >= 11 is 5.86. The van der Waals surface area contributed by atoms with Crippen molar-refractivity contribution in [1.29, 1.82) is 0 Å². The van der Waals surface area contributed by atoms with Crippen LogP contribution in [0.2, 0.25) is 5.02 Å². The number of benzene rings is 1. The first-order valence-electron chi connectivity index (χ1n) is 4.53. The predicted molar refractivity (Wildman–Crippen MR) is 55.6 cm³/mol. The van der Waals surface area contributed by atoms with Crippen LogP contribution in [0, 0.1) is 0 Å². The van der Waals surface area contributed by atoms with Gasteiger partial charge in [0.25, 0.3) is 0 Å². The number of nitrogens with zero attached hydrogens (tertiary/aromatic N) is 1. The predicted octanol–water partition coefficient (Wildman–Crippen LogP) is 1.01. The van der Waals surface area contributed by atoms with Gasteiger partial charge in [-0.2, -0.15) is 0 Å². The van der Waals surface area contributed by atoms with E-state index >= 15 is 0 Å². The second-order valence-electron chi connectivity index (χ2n) is 3.49. The molecule has 1 fully saturated rings. The molecule has 0 radical (unpaired) electrons. The van der Waals surface area contributed by atoms with E-state index in [1.54, 1.807) is 6.07 Å². The second kappa shape index (κ2) is 3.77. The van der Waals surface area contributed by atoms with Crippen molar-refractivity contribution in [3.8, 4) is 0 Å². The molecule has 0 spiro atoms. The van der Waals surface area contributed by atoms with Crippen molar-refractivity contribution < 1.29 is 10.2 Å². The molecule has 3 nitrogen and oxygen atoms in total. The highest BCUT2D eigenvalue weighted by molar-refractivity contribution is 6.30. The lowest BCUT2D eigenvalue weighted by Gasteiger charge is -2.39. The van der Waals surface area contributed by atoms with Gasteiger partial charge in [0.05, 0.1) is 12.7 Å². The summed E-state index contributed by atoms with van der Waals surface area (Å²) in [5.74, 6) is 0. The average molecular weight is 214 g/mol. The minimum Gasteiger partial charge on any atom is -0.392 e. The summed E-state index contributed by atoms with van der Waals surface area (Å²) in [5.41, 5.74) is 1.77. The number of rotatable bonds is 2. The van der Waals surface area contributed by atoms with Gasteiger partial charge in [-0.15, -0.1) is 0 Å². The second-order valence-corrected chi connectivity index (χ2v) is 3.93.